The molecule has 0 aliphatic carbocycles. The van der Waals surface area contributed by atoms with Crippen LogP contribution in [0.3, 0.4) is 0 Å². The van der Waals surface area contributed by atoms with Gasteiger partial charge in [-0.15, -0.1) is 10.2 Å². The summed E-state index contributed by atoms with van der Waals surface area (Å²) in [4.78, 5) is 32.2. The summed E-state index contributed by atoms with van der Waals surface area (Å²) in [6.07, 6.45) is 2.51. The van der Waals surface area contributed by atoms with E-state index in [1.165, 1.54) is 12.3 Å². The highest BCUT2D eigenvalue weighted by Gasteiger charge is 2.44. The van der Waals surface area contributed by atoms with E-state index >= 15 is 0 Å². The molecule has 2 aromatic carbocycles. The molecular weight excluding hydrogens is 567 g/mol. The minimum absolute atomic E-state index is 0.0336. The maximum absolute atomic E-state index is 14.0. The van der Waals surface area contributed by atoms with Crippen LogP contribution in [0.1, 0.15) is 46.9 Å². The first-order chi connectivity index (χ1) is 20.4. The largest absolute Gasteiger partial charge is 0.493 e. The number of H-pyrrole nitrogens is 1. The second kappa shape index (κ2) is 11.4. The summed E-state index contributed by atoms with van der Waals surface area (Å²) in [5, 5.41) is 13.9. The predicted molar refractivity (Wildman–Crippen MR) is 149 cm³/mol. The Morgan fingerprint density at radius 2 is 1.90 bits per heavy atom. The topological polar surface area (TPSA) is 132 Å². The van der Waals surface area contributed by atoms with Gasteiger partial charge in [0.2, 0.25) is 11.8 Å². The Labute approximate surface area is 244 Å². The molecule has 2 aliphatic heterocycles. The number of rotatable bonds is 7. The van der Waals surface area contributed by atoms with Crippen LogP contribution in [0.4, 0.5) is 4.39 Å². The van der Waals surface area contributed by atoms with E-state index in [2.05, 4.69) is 25.6 Å². The van der Waals surface area contributed by atoms with E-state index < -0.39 is 11.5 Å². The molecule has 0 atom stereocenters. The summed E-state index contributed by atoms with van der Waals surface area (Å²) in [7, 11) is 0. The average molecular weight is 593 g/mol. The number of fused-ring (bicyclic) bond motifs is 1. The Bertz CT molecular complexity index is 1610. The number of aromatic nitrogens is 5. The highest BCUT2D eigenvalue weighted by Crippen LogP contribution is 2.43. The summed E-state index contributed by atoms with van der Waals surface area (Å²) in [5.74, 6) is 0.625. The number of aromatic amines is 1. The zero-order valence-corrected chi connectivity index (χ0v) is 23.4. The van der Waals surface area contributed by atoms with Crippen LogP contribution in [0.25, 0.3) is 22.5 Å². The fraction of sp³-hybridized carbons (Fsp3) is 0.310. The Morgan fingerprint density at radius 3 is 2.60 bits per heavy atom. The molecule has 216 valence electrons. The van der Waals surface area contributed by atoms with Gasteiger partial charge in [-0.2, -0.15) is 9.60 Å². The number of piperidine rings is 1. The number of carbonyl (C=O) groups is 2. The van der Waals surface area contributed by atoms with Crippen LogP contribution < -0.4 is 14.2 Å². The van der Waals surface area contributed by atoms with Crippen molar-refractivity contribution in [3.63, 3.8) is 0 Å². The van der Waals surface area contributed by atoms with Gasteiger partial charge in [-0.25, -0.2) is 4.98 Å². The number of halogens is 2. The number of hydrogen-bond acceptors (Lipinski definition) is 9. The van der Waals surface area contributed by atoms with Crippen LogP contribution in [0.2, 0.25) is 0 Å². The first kappa shape index (κ1) is 27.6. The maximum Gasteiger partial charge on any atom is 0.254 e. The molecule has 13 heteroatoms. The van der Waals surface area contributed by atoms with Crippen molar-refractivity contribution in [2.45, 2.75) is 31.8 Å². The second-order valence-corrected chi connectivity index (χ2v) is 10.2. The molecule has 1 N–H and O–H groups in total. The minimum Gasteiger partial charge on any atom is -0.493 e. The number of Topliss-reactive ketones (excluding diaryl/α,β-unsaturated/α-hetero) is 1. The maximum atomic E-state index is 14.0. The smallest absolute Gasteiger partial charge is 0.254 e. The zero-order chi connectivity index (χ0) is 29.3. The SMILES string of the molecule is CCOc1cc(C(=O)N2CCC3(CC2)CC(=O)c2cc(-c4nn[nH]n4)ccc2O3)cc(OCCl)c1-c1ccnc(F)c1. The van der Waals surface area contributed by atoms with E-state index in [0.717, 1.165) is 0 Å². The molecule has 11 nitrogen and oxygen atoms in total. The molecule has 0 saturated carbocycles. The number of carbonyl (C=O) groups excluding carboxylic acids is 2. The Kier molecular flexibility index (Phi) is 7.46. The number of ketones is 1. The van der Waals surface area contributed by atoms with Crippen molar-refractivity contribution >= 4 is 23.3 Å². The van der Waals surface area contributed by atoms with Crippen molar-refractivity contribution in [2.24, 2.45) is 0 Å². The lowest BCUT2D eigenvalue weighted by atomic mass is 9.82. The number of alkyl halides is 1. The van der Waals surface area contributed by atoms with Crippen LogP contribution in [0, 0.1) is 5.95 Å². The lowest BCUT2D eigenvalue weighted by Gasteiger charge is -2.44. The number of hydrogen-bond donors (Lipinski definition) is 1. The molecule has 4 aromatic rings. The quantitative estimate of drug-likeness (QED) is 0.240. The number of nitrogens with zero attached hydrogens (tertiary/aromatic N) is 5. The van der Waals surface area contributed by atoms with Crippen molar-refractivity contribution in [1.82, 2.24) is 30.5 Å². The van der Waals surface area contributed by atoms with E-state index in [1.807, 2.05) is 6.92 Å². The highest BCUT2D eigenvalue weighted by molar-refractivity contribution is 6.17. The number of tetrazole rings is 1. The molecule has 6 rings (SSSR count). The molecule has 0 radical (unpaired) electrons. The van der Waals surface area contributed by atoms with E-state index in [1.54, 1.807) is 41.3 Å². The van der Waals surface area contributed by atoms with Crippen LogP contribution in [0.5, 0.6) is 17.2 Å². The first-order valence-electron chi connectivity index (χ1n) is 13.4. The molecule has 2 aliphatic rings. The van der Waals surface area contributed by atoms with Gasteiger partial charge in [0.05, 0.1) is 24.2 Å². The van der Waals surface area contributed by atoms with Crippen molar-refractivity contribution in [1.29, 1.82) is 0 Å². The molecule has 4 heterocycles. The highest BCUT2D eigenvalue weighted by atomic mass is 35.5. The monoisotopic (exact) mass is 592 g/mol. The fourth-order valence-electron chi connectivity index (χ4n) is 5.49. The van der Waals surface area contributed by atoms with Crippen LogP contribution in [-0.4, -0.2) is 73.6 Å². The molecule has 1 amide bonds. The second-order valence-electron chi connectivity index (χ2n) is 10.0. The third-order valence-corrected chi connectivity index (χ3v) is 7.60. The van der Waals surface area contributed by atoms with Gasteiger partial charge in [-0.3, -0.25) is 9.59 Å². The number of amides is 1. The van der Waals surface area contributed by atoms with Gasteiger partial charge in [0.15, 0.2) is 11.8 Å². The van der Waals surface area contributed by atoms with Crippen molar-refractivity contribution < 1.29 is 28.2 Å². The Morgan fingerprint density at radius 1 is 1.12 bits per heavy atom. The number of benzene rings is 2. The molecule has 1 fully saturated rings. The Balaban J connectivity index is 1.22. The molecular formula is C29H26ClFN6O5. The summed E-state index contributed by atoms with van der Waals surface area (Å²) >= 11 is 5.91. The van der Waals surface area contributed by atoms with Crippen molar-refractivity contribution in [3.8, 4) is 39.8 Å². The normalized spacial score (nSPS) is 15.7. The molecule has 1 spiro atoms. The average Bonchev–Trinajstić information content (AvgIpc) is 3.53. The van der Waals surface area contributed by atoms with Gasteiger partial charge >= 0.3 is 0 Å². The number of nitrogens with one attached hydrogen (secondary N) is 1. The van der Waals surface area contributed by atoms with Gasteiger partial charge in [-0.1, -0.05) is 11.6 Å². The van der Waals surface area contributed by atoms with Crippen molar-refractivity contribution in [3.05, 3.63) is 65.7 Å². The van der Waals surface area contributed by atoms with E-state index in [4.69, 9.17) is 25.8 Å². The molecule has 0 bridgehead atoms. The van der Waals surface area contributed by atoms with Crippen LogP contribution in [0.15, 0.2) is 48.7 Å². The van der Waals surface area contributed by atoms with Gasteiger partial charge in [-0.05, 0) is 54.1 Å². The van der Waals surface area contributed by atoms with Crippen LogP contribution >= 0.6 is 11.6 Å². The summed E-state index contributed by atoms with van der Waals surface area (Å²) < 4.78 is 31.9. The molecule has 2 aromatic heterocycles. The number of likely N-dealkylation sites (tertiary alicyclic amines) is 1. The lowest BCUT2D eigenvalue weighted by molar-refractivity contribution is -0.00571. The predicted octanol–water partition coefficient (Wildman–Crippen LogP) is 4.68. The molecule has 1 saturated heterocycles. The number of pyridine rings is 1. The Hall–Kier alpha value is -4.58. The van der Waals surface area contributed by atoms with Gasteiger partial charge < -0.3 is 19.1 Å². The third-order valence-electron chi connectivity index (χ3n) is 7.49. The lowest BCUT2D eigenvalue weighted by Crippen LogP contribution is -2.52. The van der Waals surface area contributed by atoms with Crippen molar-refractivity contribution in [2.75, 3.05) is 25.8 Å². The third kappa shape index (κ3) is 5.25. The first-order valence-corrected chi connectivity index (χ1v) is 13.9. The summed E-state index contributed by atoms with van der Waals surface area (Å²) in [6.45, 7) is 2.90. The van der Waals surface area contributed by atoms with Gasteiger partial charge in [0.1, 0.15) is 22.8 Å². The zero-order valence-electron chi connectivity index (χ0n) is 22.6. The molecule has 42 heavy (non-hydrogen) atoms. The van der Waals surface area contributed by atoms with Gasteiger partial charge in [0.25, 0.3) is 5.91 Å². The fourth-order valence-corrected chi connectivity index (χ4v) is 5.61. The standard InChI is InChI=1S/C29H26ClFN6O5/c1-2-40-23-12-19(13-24(41-16-30)26(23)17-5-8-32-25(31)14-17)28(39)37-9-6-29(7-10-37)15-21(38)20-11-18(3-4-22(20)42-29)27-33-35-36-34-27/h3-5,8,11-14H,2,6-7,9-10,15-16H2,1H3,(H,33,34,35,36). The summed E-state index contributed by atoms with van der Waals surface area (Å²) in [6, 6.07) is 11.2. The number of ether oxygens (including phenoxy) is 3. The van der Waals surface area contributed by atoms with Crippen LogP contribution in [-0.2, 0) is 0 Å². The van der Waals surface area contributed by atoms with E-state index in [9.17, 15) is 14.0 Å². The summed E-state index contributed by atoms with van der Waals surface area (Å²) in [5.41, 5.74) is 1.74. The minimum atomic E-state index is -0.701. The van der Waals surface area contributed by atoms with E-state index in [-0.39, 0.29) is 29.9 Å². The molecule has 0 unspecified atom stereocenters. The van der Waals surface area contributed by atoms with Gasteiger partial charge in [0, 0.05) is 49.3 Å². The van der Waals surface area contributed by atoms with E-state index in [0.29, 0.717) is 77.7 Å².